The van der Waals surface area contributed by atoms with E-state index in [2.05, 4.69) is 10.3 Å². The highest BCUT2D eigenvalue weighted by Gasteiger charge is 2.49. The summed E-state index contributed by atoms with van der Waals surface area (Å²) in [6.07, 6.45) is 4.30. The number of hydrogen-bond acceptors (Lipinski definition) is 5. The van der Waals surface area contributed by atoms with Gasteiger partial charge < -0.3 is 14.6 Å². The number of imidazole rings is 1. The predicted octanol–water partition coefficient (Wildman–Crippen LogP) is 1.59. The molecule has 0 radical (unpaired) electrons. The fourth-order valence-electron chi connectivity index (χ4n) is 3.70. The van der Waals surface area contributed by atoms with Crippen molar-refractivity contribution < 1.29 is 17.5 Å². The van der Waals surface area contributed by atoms with Crippen LogP contribution in [-0.2, 0) is 21.8 Å². The summed E-state index contributed by atoms with van der Waals surface area (Å²) < 4.78 is 47.9. The minimum atomic E-state index is -3.61. The number of anilines is 1. The molecule has 0 amide bonds. The van der Waals surface area contributed by atoms with Gasteiger partial charge in [0.05, 0.1) is 24.6 Å². The van der Waals surface area contributed by atoms with E-state index < -0.39 is 15.6 Å². The molecular formula is C17H21FN4O3S. The number of benzene rings is 1. The maximum atomic E-state index is 13.3. The van der Waals surface area contributed by atoms with Gasteiger partial charge in [-0.25, -0.2) is 17.8 Å². The van der Waals surface area contributed by atoms with Gasteiger partial charge in [0, 0.05) is 38.4 Å². The lowest BCUT2D eigenvalue weighted by molar-refractivity contribution is 0.0173. The molecule has 2 fully saturated rings. The number of ether oxygens (including phenoxy) is 1. The van der Waals surface area contributed by atoms with Crippen molar-refractivity contribution in [1.29, 1.82) is 0 Å². The molecule has 0 aliphatic carbocycles. The van der Waals surface area contributed by atoms with E-state index in [1.165, 1.54) is 29.0 Å². The molecular weight excluding hydrogens is 359 g/mol. The first kappa shape index (κ1) is 17.4. The summed E-state index contributed by atoms with van der Waals surface area (Å²) in [7, 11) is -1.88. The second-order valence-corrected chi connectivity index (χ2v) is 8.90. The number of aryl methyl sites for hydroxylation is 1. The average molecular weight is 380 g/mol. The number of nitrogens with zero attached hydrogens (tertiary/aromatic N) is 3. The topological polar surface area (TPSA) is 76.5 Å². The SMILES string of the molecule is Cn1cnc(S(=O)(=O)N2CCC3(CC(Nc4cccc(F)c4)CO3)C2)c1. The van der Waals surface area contributed by atoms with Crippen molar-refractivity contribution in [2.75, 3.05) is 25.0 Å². The van der Waals surface area contributed by atoms with Crippen LogP contribution in [0.5, 0.6) is 0 Å². The van der Waals surface area contributed by atoms with Crippen molar-refractivity contribution in [1.82, 2.24) is 13.9 Å². The van der Waals surface area contributed by atoms with E-state index in [1.807, 2.05) is 0 Å². The Morgan fingerprint density at radius 2 is 2.27 bits per heavy atom. The zero-order chi connectivity index (χ0) is 18.4. The Morgan fingerprint density at radius 1 is 1.42 bits per heavy atom. The molecule has 3 heterocycles. The van der Waals surface area contributed by atoms with Gasteiger partial charge in [-0.2, -0.15) is 4.31 Å². The van der Waals surface area contributed by atoms with E-state index in [0.29, 0.717) is 38.2 Å². The Kier molecular flexibility index (Phi) is 4.25. The Labute approximate surface area is 151 Å². The standard InChI is InChI=1S/C17H21FN4O3S/c1-21-9-16(19-12-21)26(23,24)22-6-5-17(11-22)8-15(10-25-17)20-14-4-2-3-13(18)7-14/h2-4,7,9,12,15,20H,5-6,8,10-11H2,1H3. The van der Waals surface area contributed by atoms with Gasteiger partial charge in [0.15, 0.2) is 5.03 Å². The zero-order valence-electron chi connectivity index (χ0n) is 14.4. The predicted molar refractivity (Wildman–Crippen MR) is 93.7 cm³/mol. The Hall–Kier alpha value is -1.97. The van der Waals surface area contributed by atoms with Crippen molar-refractivity contribution in [3.8, 4) is 0 Å². The molecule has 2 aliphatic heterocycles. The van der Waals surface area contributed by atoms with Gasteiger partial charge >= 0.3 is 0 Å². The summed E-state index contributed by atoms with van der Waals surface area (Å²) in [4.78, 5) is 3.97. The molecule has 2 saturated heterocycles. The molecule has 1 aromatic carbocycles. The van der Waals surface area contributed by atoms with Gasteiger partial charge in [-0.15, -0.1) is 0 Å². The largest absolute Gasteiger partial charge is 0.380 e. The molecule has 1 N–H and O–H groups in total. The summed E-state index contributed by atoms with van der Waals surface area (Å²) in [6.45, 7) is 1.19. The number of aromatic nitrogens is 2. The molecule has 1 aromatic heterocycles. The molecule has 140 valence electrons. The Morgan fingerprint density at radius 3 is 3.00 bits per heavy atom. The first-order chi connectivity index (χ1) is 12.4. The second kappa shape index (κ2) is 6.33. The minimum absolute atomic E-state index is 0.0225. The normalized spacial score (nSPS) is 26.6. The summed E-state index contributed by atoms with van der Waals surface area (Å²) in [5, 5.41) is 3.33. The molecule has 9 heteroatoms. The Balaban J connectivity index is 1.43. The van der Waals surface area contributed by atoms with Gasteiger partial charge in [0.1, 0.15) is 5.82 Å². The molecule has 4 rings (SSSR count). The number of nitrogens with one attached hydrogen (secondary N) is 1. The molecule has 2 aliphatic rings. The number of rotatable bonds is 4. The molecule has 7 nitrogen and oxygen atoms in total. The van der Waals surface area contributed by atoms with Crippen LogP contribution in [0, 0.1) is 5.82 Å². The fourth-order valence-corrected chi connectivity index (χ4v) is 5.18. The van der Waals surface area contributed by atoms with E-state index in [4.69, 9.17) is 4.74 Å². The minimum Gasteiger partial charge on any atom is -0.380 e. The van der Waals surface area contributed by atoms with Crippen LogP contribution in [0.3, 0.4) is 0 Å². The van der Waals surface area contributed by atoms with Crippen LogP contribution in [0.25, 0.3) is 0 Å². The lowest BCUT2D eigenvalue weighted by Crippen LogP contribution is -2.36. The van der Waals surface area contributed by atoms with Gasteiger partial charge in [-0.1, -0.05) is 6.07 Å². The van der Waals surface area contributed by atoms with Gasteiger partial charge in [0.25, 0.3) is 10.0 Å². The third-order valence-electron chi connectivity index (χ3n) is 4.97. The van der Waals surface area contributed by atoms with E-state index in [1.54, 1.807) is 23.7 Å². The molecule has 0 saturated carbocycles. The third-order valence-corrected chi connectivity index (χ3v) is 6.70. The average Bonchev–Trinajstić information content (AvgIpc) is 3.30. The number of sulfonamides is 1. The van der Waals surface area contributed by atoms with Crippen molar-refractivity contribution in [3.05, 3.63) is 42.6 Å². The molecule has 2 unspecified atom stereocenters. The van der Waals surface area contributed by atoms with Crippen molar-refractivity contribution in [3.63, 3.8) is 0 Å². The van der Waals surface area contributed by atoms with Crippen LogP contribution in [0.1, 0.15) is 12.8 Å². The molecule has 1 spiro atoms. The maximum Gasteiger partial charge on any atom is 0.262 e. The molecule has 26 heavy (non-hydrogen) atoms. The van der Waals surface area contributed by atoms with Crippen molar-refractivity contribution >= 4 is 15.7 Å². The van der Waals surface area contributed by atoms with E-state index >= 15 is 0 Å². The highest BCUT2D eigenvalue weighted by Crippen LogP contribution is 2.38. The quantitative estimate of drug-likeness (QED) is 0.872. The van der Waals surface area contributed by atoms with E-state index in [9.17, 15) is 12.8 Å². The van der Waals surface area contributed by atoms with Gasteiger partial charge in [0.2, 0.25) is 0 Å². The molecule has 2 atom stereocenters. The maximum absolute atomic E-state index is 13.3. The zero-order valence-corrected chi connectivity index (χ0v) is 15.2. The first-order valence-electron chi connectivity index (χ1n) is 8.51. The first-order valence-corrected chi connectivity index (χ1v) is 9.95. The highest BCUT2D eigenvalue weighted by atomic mass is 32.2. The molecule has 0 bridgehead atoms. The van der Waals surface area contributed by atoms with Crippen LogP contribution >= 0.6 is 0 Å². The fraction of sp³-hybridized carbons (Fsp3) is 0.471. The smallest absolute Gasteiger partial charge is 0.262 e. The van der Waals surface area contributed by atoms with Crippen LogP contribution < -0.4 is 5.32 Å². The van der Waals surface area contributed by atoms with Gasteiger partial charge in [-0.05, 0) is 24.6 Å². The number of hydrogen-bond donors (Lipinski definition) is 1. The van der Waals surface area contributed by atoms with Crippen LogP contribution in [0.4, 0.5) is 10.1 Å². The van der Waals surface area contributed by atoms with E-state index in [-0.39, 0.29) is 16.9 Å². The lowest BCUT2D eigenvalue weighted by Gasteiger charge is -2.23. The van der Waals surface area contributed by atoms with Crippen molar-refractivity contribution in [2.45, 2.75) is 29.5 Å². The lowest BCUT2D eigenvalue weighted by atomic mass is 9.97. The Bertz CT molecular complexity index is 916. The second-order valence-electron chi connectivity index (χ2n) is 7.02. The van der Waals surface area contributed by atoms with Crippen LogP contribution in [0.2, 0.25) is 0 Å². The summed E-state index contributed by atoms with van der Waals surface area (Å²) in [5.41, 5.74) is 0.207. The summed E-state index contributed by atoms with van der Waals surface area (Å²) >= 11 is 0. The van der Waals surface area contributed by atoms with Crippen molar-refractivity contribution in [2.24, 2.45) is 7.05 Å². The molecule has 2 aromatic rings. The summed E-state index contributed by atoms with van der Waals surface area (Å²) in [5.74, 6) is -0.294. The van der Waals surface area contributed by atoms with Crippen LogP contribution in [0.15, 0.2) is 41.8 Å². The highest BCUT2D eigenvalue weighted by molar-refractivity contribution is 7.89. The third kappa shape index (κ3) is 3.22. The number of halogens is 1. The van der Waals surface area contributed by atoms with Gasteiger partial charge in [-0.3, -0.25) is 0 Å². The van der Waals surface area contributed by atoms with E-state index in [0.717, 1.165) is 0 Å². The monoisotopic (exact) mass is 380 g/mol. The summed E-state index contributed by atoms with van der Waals surface area (Å²) in [6, 6.07) is 6.32. The van der Waals surface area contributed by atoms with Crippen LogP contribution in [-0.4, -0.2) is 53.6 Å².